The zero-order chi connectivity index (χ0) is 16.6. The third-order valence-corrected chi connectivity index (χ3v) is 4.17. The molecule has 124 valence electrons. The Kier molecular flexibility index (Phi) is 4.16. The Bertz CT molecular complexity index is 688. The van der Waals surface area contributed by atoms with Crippen molar-refractivity contribution in [2.75, 3.05) is 19.7 Å². The Hall–Kier alpha value is -2.22. The van der Waals surface area contributed by atoms with Crippen LogP contribution < -0.4 is 0 Å². The summed E-state index contributed by atoms with van der Waals surface area (Å²) in [6, 6.07) is 0. The molecule has 1 amide bonds. The largest absolute Gasteiger partial charge is 0.366 e. The third kappa shape index (κ3) is 2.98. The first kappa shape index (κ1) is 15.7. The lowest BCUT2D eigenvalue weighted by Crippen LogP contribution is -2.44. The van der Waals surface area contributed by atoms with Gasteiger partial charge in [0.25, 0.3) is 0 Å². The average Bonchev–Trinajstić information content (AvgIpc) is 3.12. The maximum atomic E-state index is 12.8. The molecule has 1 fully saturated rings. The molecule has 23 heavy (non-hydrogen) atoms. The van der Waals surface area contributed by atoms with Crippen molar-refractivity contribution in [3.8, 4) is 0 Å². The number of hydrogen-bond acceptors (Lipinski definition) is 6. The zero-order valence-electron chi connectivity index (χ0n) is 13.8. The number of carbonyl (C=O) groups is 1. The van der Waals surface area contributed by atoms with E-state index in [0.29, 0.717) is 31.3 Å². The molecule has 0 aliphatic carbocycles. The molecule has 0 aromatic carbocycles. The highest BCUT2D eigenvalue weighted by atomic mass is 16.5. The quantitative estimate of drug-likeness (QED) is 0.919. The van der Waals surface area contributed by atoms with Crippen LogP contribution in [0.1, 0.15) is 47.6 Å². The van der Waals surface area contributed by atoms with Crippen molar-refractivity contribution >= 4 is 5.91 Å². The van der Waals surface area contributed by atoms with E-state index in [1.807, 2.05) is 27.7 Å². The number of H-pyrrole nitrogens is 1. The van der Waals surface area contributed by atoms with Crippen molar-refractivity contribution in [2.24, 2.45) is 0 Å². The highest BCUT2D eigenvalue weighted by Gasteiger charge is 2.32. The van der Waals surface area contributed by atoms with Crippen molar-refractivity contribution in [3.63, 3.8) is 0 Å². The van der Waals surface area contributed by atoms with Gasteiger partial charge in [0.05, 0.1) is 24.8 Å². The molecule has 1 aliphatic rings. The lowest BCUT2D eigenvalue weighted by atomic mass is 9.97. The first-order valence-corrected chi connectivity index (χ1v) is 7.69. The van der Waals surface area contributed by atoms with Gasteiger partial charge in [0, 0.05) is 12.1 Å². The Labute approximate surface area is 134 Å². The molecule has 2 aromatic rings. The minimum absolute atomic E-state index is 0.0416. The third-order valence-electron chi connectivity index (χ3n) is 4.17. The van der Waals surface area contributed by atoms with Crippen molar-refractivity contribution in [2.45, 2.75) is 39.7 Å². The van der Waals surface area contributed by atoms with Gasteiger partial charge in [-0.15, -0.1) is 0 Å². The summed E-state index contributed by atoms with van der Waals surface area (Å²) in [5.74, 6) is 1.76. The Morgan fingerprint density at radius 3 is 2.78 bits per heavy atom. The normalized spacial score (nSPS) is 19.8. The van der Waals surface area contributed by atoms with Gasteiger partial charge in [-0.05, 0) is 27.7 Å². The Balaban J connectivity index is 1.74. The molecule has 0 radical (unpaired) electrons. The molecular formula is C15H21N5O3. The number of morpholine rings is 1. The van der Waals surface area contributed by atoms with Gasteiger partial charge in [0.15, 0.2) is 5.82 Å². The summed E-state index contributed by atoms with van der Waals surface area (Å²) in [5, 5.41) is 10.9. The van der Waals surface area contributed by atoms with E-state index < -0.39 is 0 Å². The van der Waals surface area contributed by atoms with E-state index in [1.165, 1.54) is 0 Å². The first-order chi connectivity index (χ1) is 11.0. The van der Waals surface area contributed by atoms with E-state index in [2.05, 4.69) is 20.3 Å². The molecule has 0 spiro atoms. The highest BCUT2D eigenvalue weighted by Crippen LogP contribution is 2.27. The van der Waals surface area contributed by atoms with Crippen LogP contribution in [0.25, 0.3) is 0 Å². The van der Waals surface area contributed by atoms with Crippen LogP contribution in [0.15, 0.2) is 4.52 Å². The minimum atomic E-state index is -0.297. The fraction of sp³-hybridized carbons (Fsp3) is 0.600. The van der Waals surface area contributed by atoms with Gasteiger partial charge in [-0.3, -0.25) is 9.89 Å². The molecule has 3 rings (SSSR count). The maximum absolute atomic E-state index is 12.8. The Morgan fingerprint density at radius 1 is 1.39 bits per heavy atom. The van der Waals surface area contributed by atoms with E-state index in [1.54, 1.807) is 4.90 Å². The fourth-order valence-electron chi connectivity index (χ4n) is 3.02. The van der Waals surface area contributed by atoms with Crippen molar-refractivity contribution in [1.29, 1.82) is 0 Å². The molecule has 1 N–H and O–H groups in total. The van der Waals surface area contributed by atoms with E-state index in [4.69, 9.17) is 9.26 Å². The summed E-state index contributed by atoms with van der Waals surface area (Å²) in [7, 11) is 0. The molecule has 8 heteroatoms. The van der Waals surface area contributed by atoms with Crippen molar-refractivity contribution < 1.29 is 14.1 Å². The number of aromatic amines is 1. The van der Waals surface area contributed by atoms with Crippen LogP contribution in [0.5, 0.6) is 0 Å². The SMILES string of the molecule is Cc1nc(C2CN(C(=O)C(C)c3c(C)noc3C)CCO2)n[nH]1. The number of aromatic nitrogens is 4. The number of amides is 1. The van der Waals surface area contributed by atoms with Crippen molar-refractivity contribution in [1.82, 2.24) is 25.2 Å². The summed E-state index contributed by atoms with van der Waals surface area (Å²) < 4.78 is 10.9. The standard InChI is InChI=1S/C15H21N5O3/c1-8(13-9(2)19-23-10(13)3)15(21)20-5-6-22-12(7-20)14-16-11(4)17-18-14/h8,12H,5-7H2,1-4H3,(H,16,17,18). The van der Waals surface area contributed by atoms with Gasteiger partial charge in [0.1, 0.15) is 17.7 Å². The van der Waals surface area contributed by atoms with Crippen molar-refractivity contribution in [3.05, 3.63) is 28.7 Å². The minimum Gasteiger partial charge on any atom is -0.366 e. The molecule has 0 bridgehead atoms. The fourth-order valence-corrected chi connectivity index (χ4v) is 3.02. The van der Waals surface area contributed by atoms with Crippen LogP contribution in [0.3, 0.4) is 0 Å². The number of rotatable bonds is 3. The summed E-state index contributed by atoms with van der Waals surface area (Å²) in [6.45, 7) is 8.89. The van der Waals surface area contributed by atoms with E-state index in [9.17, 15) is 4.79 Å². The zero-order valence-corrected chi connectivity index (χ0v) is 13.8. The highest BCUT2D eigenvalue weighted by molar-refractivity contribution is 5.84. The molecule has 1 aliphatic heterocycles. The van der Waals surface area contributed by atoms with E-state index in [-0.39, 0.29) is 17.9 Å². The lowest BCUT2D eigenvalue weighted by molar-refractivity contribution is -0.140. The van der Waals surface area contributed by atoms with Gasteiger partial charge in [-0.1, -0.05) is 5.16 Å². The van der Waals surface area contributed by atoms with Gasteiger partial charge in [-0.25, -0.2) is 4.98 Å². The molecule has 2 unspecified atom stereocenters. The number of hydrogen-bond donors (Lipinski definition) is 1. The number of nitrogens with zero attached hydrogens (tertiary/aromatic N) is 4. The molecule has 1 saturated heterocycles. The predicted molar refractivity (Wildman–Crippen MR) is 80.8 cm³/mol. The molecule has 2 atom stereocenters. The second kappa shape index (κ2) is 6.11. The molecule has 2 aromatic heterocycles. The summed E-state index contributed by atoms with van der Waals surface area (Å²) in [5.41, 5.74) is 1.63. The number of nitrogens with one attached hydrogen (secondary N) is 1. The van der Waals surface area contributed by atoms with E-state index >= 15 is 0 Å². The van der Waals surface area contributed by atoms with Crippen LogP contribution >= 0.6 is 0 Å². The smallest absolute Gasteiger partial charge is 0.230 e. The van der Waals surface area contributed by atoms with Gasteiger partial charge >= 0.3 is 0 Å². The molecule has 0 saturated carbocycles. The number of ether oxygens (including phenoxy) is 1. The van der Waals surface area contributed by atoms with Gasteiger partial charge in [0.2, 0.25) is 5.91 Å². The molecule has 8 nitrogen and oxygen atoms in total. The summed E-state index contributed by atoms with van der Waals surface area (Å²) >= 11 is 0. The summed E-state index contributed by atoms with van der Waals surface area (Å²) in [4.78, 5) is 18.9. The number of aryl methyl sites for hydroxylation is 3. The first-order valence-electron chi connectivity index (χ1n) is 7.69. The van der Waals surface area contributed by atoms with Crippen LogP contribution in [0.4, 0.5) is 0 Å². The van der Waals surface area contributed by atoms with Crippen LogP contribution in [-0.2, 0) is 9.53 Å². The van der Waals surface area contributed by atoms with Gasteiger partial charge in [-0.2, -0.15) is 5.10 Å². The second-order valence-electron chi connectivity index (χ2n) is 5.88. The topological polar surface area (TPSA) is 97.1 Å². The lowest BCUT2D eigenvalue weighted by Gasteiger charge is -2.33. The van der Waals surface area contributed by atoms with Crippen LogP contribution in [-0.4, -0.2) is 50.8 Å². The summed E-state index contributed by atoms with van der Waals surface area (Å²) in [6.07, 6.45) is -0.297. The molecular weight excluding hydrogens is 298 g/mol. The van der Waals surface area contributed by atoms with Crippen LogP contribution in [0.2, 0.25) is 0 Å². The maximum Gasteiger partial charge on any atom is 0.230 e. The number of carbonyl (C=O) groups excluding carboxylic acids is 1. The second-order valence-corrected chi connectivity index (χ2v) is 5.88. The monoisotopic (exact) mass is 319 g/mol. The average molecular weight is 319 g/mol. The predicted octanol–water partition coefficient (Wildman–Crippen LogP) is 1.42. The molecule has 3 heterocycles. The van der Waals surface area contributed by atoms with Crippen LogP contribution in [0, 0.1) is 20.8 Å². The van der Waals surface area contributed by atoms with Gasteiger partial charge < -0.3 is 14.2 Å². The van der Waals surface area contributed by atoms with E-state index in [0.717, 1.165) is 17.1 Å². The Morgan fingerprint density at radius 2 is 2.17 bits per heavy atom.